The number of amides is 1. The Hall–Kier alpha value is -2.45. The summed E-state index contributed by atoms with van der Waals surface area (Å²) in [4.78, 5) is 14.0. The lowest BCUT2D eigenvalue weighted by molar-refractivity contribution is -0.120. The van der Waals surface area contributed by atoms with E-state index in [0.717, 1.165) is 21.8 Å². The summed E-state index contributed by atoms with van der Waals surface area (Å²) in [6.07, 6.45) is 0.191. The molecule has 0 saturated carbocycles. The second-order valence-corrected chi connectivity index (χ2v) is 11.1. The highest BCUT2D eigenvalue weighted by Crippen LogP contribution is 2.24. The molecule has 30 heavy (non-hydrogen) atoms. The summed E-state index contributed by atoms with van der Waals surface area (Å²) in [7, 11) is -3.31. The number of thiophene rings is 1. The minimum Gasteiger partial charge on any atom is -0.353 e. The molecule has 0 saturated heterocycles. The Morgan fingerprint density at radius 3 is 2.40 bits per heavy atom. The van der Waals surface area contributed by atoms with Gasteiger partial charge in [0, 0.05) is 17.1 Å². The van der Waals surface area contributed by atoms with E-state index in [-0.39, 0.29) is 23.3 Å². The molecule has 0 unspecified atom stereocenters. The second kappa shape index (κ2) is 9.14. The molecule has 1 amide bonds. The lowest BCUT2D eigenvalue weighted by Crippen LogP contribution is -2.32. The Morgan fingerprint density at radius 2 is 1.87 bits per heavy atom. The average molecular weight is 446 g/mol. The molecule has 0 spiro atoms. The molecule has 1 aromatic carbocycles. The van der Waals surface area contributed by atoms with E-state index in [4.69, 9.17) is 0 Å². The van der Waals surface area contributed by atoms with Gasteiger partial charge in [0.1, 0.15) is 6.04 Å². The number of hydrogen-bond donors (Lipinski definition) is 1. The van der Waals surface area contributed by atoms with Crippen LogP contribution in [0, 0.1) is 13.8 Å². The van der Waals surface area contributed by atoms with E-state index in [1.54, 1.807) is 49.4 Å². The zero-order chi connectivity index (χ0) is 21.9. The Kier molecular flexibility index (Phi) is 6.77. The molecule has 6 nitrogen and oxygen atoms in total. The van der Waals surface area contributed by atoms with Crippen LogP contribution in [-0.2, 0) is 21.1 Å². The molecule has 2 aromatic heterocycles. The van der Waals surface area contributed by atoms with Crippen molar-refractivity contribution in [3.63, 3.8) is 0 Å². The van der Waals surface area contributed by atoms with Gasteiger partial charge in [0.05, 0.1) is 22.3 Å². The van der Waals surface area contributed by atoms with Crippen molar-refractivity contribution in [2.75, 3.05) is 6.54 Å². The number of sulfone groups is 1. The highest BCUT2D eigenvalue weighted by atomic mass is 32.2. The molecule has 8 heteroatoms. The zero-order valence-electron chi connectivity index (χ0n) is 17.6. The minimum atomic E-state index is -3.31. The SMILES string of the molecule is Cc1cc(C)n([C@@H](CNC(=O)Cc2ccc(S(=O)(=O)C(C)C)cc2)c2cccs2)n1. The van der Waals surface area contributed by atoms with Crippen LogP contribution in [0.3, 0.4) is 0 Å². The van der Waals surface area contributed by atoms with Gasteiger partial charge < -0.3 is 5.32 Å². The Balaban J connectivity index is 1.67. The van der Waals surface area contributed by atoms with Gasteiger partial charge in [-0.3, -0.25) is 9.48 Å². The van der Waals surface area contributed by atoms with Crippen LogP contribution < -0.4 is 5.32 Å². The molecule has 2 heterocycles. The van der Waals surface area contributed by atoms with Crippen molar-refractivity contribution in [1.82, 2.24) is 15.1 Å². The van der Waals surface area contributed by atoms with E-state index in [1.165, 1.54) is 0 Å². The van der Waals surface area contributed by atoms with Crippen molar-refractivity contribution >= 4 is 27.1 Å². The first-order chi connectivity index (χ1) is 14.2. The first-order valence-corrected chi connectivity index (χ1v) is 12.3. The number of carbonyl (C=O) groups is 1. The molecular formula is C22H27N3O3S2. The monoisotopic (exact) mass is 445 g/mol. The fourth-order valence-electron chi connectivity index (χ4n) is 3.28. The molecule has 0 radical (unpaired) electrons. The van der Waals surface area contributed by atoms with Crippen LogP contribution in [-0.4, -0.2) is 35.9 Å². The molecule has 0 aliphatic heterocycles. The van der Waals surface area contributed by atoms with Gasteiger partial charge in [-0.25, -0.2) is 8.42 Å². The molecular weight excluding hydrogens is 418 g/mol. The van der Waals surface area contributed by atoms with E-state index < -0.39 is 15.1 Å². The Morgan fingerprint density at radius 1 is 1.17 bits per heavy atom. The summed E-state index contributed by atoms with van der Waals surface area (Å²) in [5.74, 6) is -0.113. The van der Waals surface area contributed by atoms with E-state index in [0.29, 0.717) is 6.54 Å². The lowest BCUT2D eigenvalue weighted by Gasteiger charge is -2.19. The van der Waals surface area contributed by atoms with Crippen LogP contribution in [0.1, 0.15) is 41.7 Å². The number of nitrogens with zero attached hydrogens (tertiary/aromatic N) is 2. The highest BCUT2D eigenvalue weighted by Gasteiger charge is 2.20. The van der Waals surface area contributed by atoms with Gasteiger partial charge in [-0.15, -0.1) is 11.3 Å². The normalized spacial score (nSPS) is 12.8. The average Bonchev–Trinajstić information content (AvgIpc) is 3.32. The summed E-state index contributed by atoms with van der Waals surface area (Å²) in [6.45, 7) is 7.71. The largest absolute Gasteiger partial charge is 0.353 e. The van der Waals surface area contributed by atoms with E-state index in [1.807, 2.05) is 42.1 Å². The standard InChI is InChI=1S/C22H27N3O3S2/c1-15(2)30(27,28)19-9-7-18(8-10-19)13-22(26)23-14-20(21-6-5-11-29-21)25-17(4)12-16(3)24-25/h5-12,15,20H,13-14H2,1-4H3,(H,23,26)/t20-/m0/s1. The Labute approximate surface area is 181 Å². The highest BCUT2D eigenvalue weighted by molar-refractivity contribution is 7.92. The maximum atomic E-state index is 12.5. The first-order valence-electron chi connectivity index (χ1n) is 9.84. The third kappa shape index (κ3) is 4.99. The summed E-state index contributed by atoms with van der Waals surface area (Å²) in [5.41, 5.74) is 2.76. The first kappa shape index (κ1) is 22.2. The van der Waals surface area contributed by atoms with Crippen LogP contribution in [0.15, 0.2) is 52.7 Å². The van der Waals surface area contributed by atoms with Crippen molar-refractivity contribution in [2.45, 2.75) is 50.3 Å². The maximum absolute atomic E-state index is 12.5. The summed E-state index contributed by atoms with van der Waals surface area (Å²) in [5, 5.41) is 9.14. The Bertz CT molecular complexity index is 1100. The van der Waals surface area contributed by atoms with Gasteiger partial charge >= 0.3 is 0 Å². The quantitative estimate of drug-likeness (QED) is 0.573. The third-order valence-electron chi connectivity index (χ3n) is 4.94. The predicted molar refractivity (Wildman–Crippen MR) is 120 cm³/mol. The number of aromatic nitrogens is 2. The zero-order valence-corrected chi connectivity index (χ0v) is 19.3. The molecule has 0 aliphatic carbocycles. The number of rotatable bonds is 8. The van der Waals surface area contributed by atoms with Crippen molar-refractivity contribution in [1.29, 1.82) is 0 Å². The van der Waals surface area contributed by atoms with Gasteiger partial charge in [0.25, 0.3) is 0 Å². The maximum Gasteiger partial charge on any atom is 0.224 e. The van der Waals surface area contributed by atoms with Crippen LogP contribution in [0.25, 0.3) is 0 Å². The molecule has 0 bridgehead atoms. The minimum absolute atomic E-state index is 0.0683. The third-order valence-corrected chi connectivity index (χ3v) is 8.09. The summed E-state index contributed by atoms with van der Waals surface area (Å²) < 4.78 is 26.4. The van der Waals surface area contributed by atoms with Gasteiger partial charge in [-0.05, 0) is 62.9 Å². The molecule has 160 valence electrons. The summed E-state index contributed by atoms with van der Waals surface area (Å²) in [6, 6.07) is 12.5. The van der Waals surface area contributed by atoms with Crippen LogP contribution in [0.2, 0.25) is 0 Å². The van der Waals surface area contributed by atoms with Crippen molar-refractivity contribution in [3.8, 4) is 0 Å². The topological polar surface area (TPSA) is 81.1 Å². The van der Waals surface area contributed by atoms with Crippen LogP contribution in [0.5, 0.6) is 0 Å². The number of aryl methyl sites for hydroxylation is 2. The van der Waals surface area contributed by atoms with Gasteiger partial charge in [0.15, 0.2) is 9.84 Å². The number of hydrogen-bond acceptors (Lipinski definition) is 5. The molecule has 0 fully saturated rings. The number of nitrogens with one attached hydrogen (secondary N) is 1. The number of benzene rings is 1. The lowest BCUT2D eigenvalue weighted by atomic mass is 10.1. The molecule has 0 aliphatic rings. The van der Waals surface area contributed by atoms with E-state index in [9.17, 15) is 13.2 Å². The van der Waals surface area contributed by atoms with Crippen LogP contribution in [0.4, 0.5) is 0 Å². The van der Waals surface area contributed by atoms with E-state index >= 15 is 0 Å². The van der Waals surface area contributed by atoms with Gasteiger partial charge in [-0.1, -0.05) is 18.2 Å². The molecule has 1 N–H and O–H groups in total. The van der Waals surface area contributed by atoms with Crippen LogP contribution >= 0.6 is 11.3 Å². The van der Waals surface area contributed by atoms with Gasteiger partial charge in [-0.2, -0.15) is 5.10 Å². The predicted octanol–water partition coefficient (Wildman–Crippen LogP) is 3.69. The fourth-order valence-corrected chi connectivity index (χ4v) is 5.15. The second-order valence-electron chi connectivity index (χ2n) is 7.62. The van der Waals surface area contributed by atoms with E-state index in [2.05, 4.69) is 10.4 Å². The number of carbonyl (C=O) groups excluding carboxylic acids is 1. The fraction of sp³-hybridized carbons (Fsp3) is 0.364. The van der Waals surface area contributed by atoms with Gasteiger partial charge in [0.2, 0.25) is 5.91 Å². The smallest absolute Gasteiger partial charge is 0.224 e. The van der Waals surface area contributed by atoms with Crippen molar-refractivity contribution in [3.05, 3.63) is 69.7 Å². The molecule has 3 rings (SSSR count). The van der Waals surface area contributed by atoms with Crippen molar-refractivity contribution in [2.24, 2.45) is 0 Å². The summed E-state index contributed by atoms with van der Waals surface area (Å²) >= 11 is 1.64. The van der Waals surface area contributed by atoms with Crippen molar-refractivity contribution < 1.29 is 13.2 Å². The molecule has 3 aromatic rings. The molecule has 1 atom stereocenters.